The van der Waals surface area contributed by atoms with Crippen LogP contribution in [0.3, 0.4) is 0 Å². The molecule has 0 aliphatic rings. The zero-order valence-corrected chi connectivity index (χ0v) is 18.0. The lowest BCUT2D eigenvalue weighted by atomic mass is 10.2. The summed E-state index contributed by atoms with van der Waals surface area (Å²) in [6, 6.07) is 13.2. The minimum absolute atomic E-state index is 0.0470. The number of aromatic nitrogens is 3. The van der Waals surface area contributed by atoms with Crippen LogP contribution in [0.1, 0.15) is 27.3 Å². The molecule has 0 spiro atoms. The van der Waals surface area contributed by atoms with Crippen molar-refractivity contribution in [3.05, 3.63) is 76.2 Å². The maximum absolute atomic E-state index is 13.2. The maximum atomic E-state index is 13.2. The van der Waals surface area contributed by atoms with Crippen LogP contribution in [0, 0.1) is 13.8 Å². The molecule has 6 nitrogen and oxygen atoms in total. The van der Waals surface area contributed by atoms with Gasteiger partial charge in [-0.15, -0.1) is 0 Å². The molecular formula is C22H26ClN5O. The smallest absolute Gasteiger partial charge is 0.255 e. The van der Waals surface area contributed by atoms with E-state index in [4.69, 9.17) is 11.6 Å². The highest BCUT2D eigenvalue weighted by Gasteiger charge is 2.17. The molecule has 0 aliphatic heterocycles. The number of carbonyl (C=O) groups is 1. The van der Waals surface area contributed by atoms with Crippen molar-refractivity contribution in [2.75, 3.05) is 27.2 Å². The van der Waals surface area contributed by atoms with Crippen LogP contribution in [-0.4, -0.2) is 57.7 Å². The van der Waals surface area contributed by atoms with E-state index in [9.17, 15) is 4.79 Å². The third-order valence-corrected chi connectivity index (χ3v) is 4.86. The fourth-order valence-electron chi connectivity index (χ4n) is 3.06. The number of amides is 1. The summed E-state index contributed by atoms with van der Waals surface area (Å²) in [4.78, 5) is 21.5. The Hall–Kier alpha value is -2.70. The van der Waals surface area contributed by atoms with E-state index in [-0.39, 0.29) is 5.91 Å². The number of hydrogen-bond acceptors (Lipinski definition) is 4. The zero-order valence-electron chi connectivity index (χ0n) is 17.3. The fourth-order valence-corrected chi connectivity index (χ4v) is 3.19. The molecule has 7 heteroatoms. The molecule has 0 atom stereocenters. The van der Waals surface area contributed by atoms with Crippen LogP contribution in [0.4, 0.5) is 0 Å². The number of benzene rings is 1. The van der Waals surface area contributed by atoms with Gasteiger partial charge in [-0.25, -0.2) is 9.67 Å². The number of hydrogen-bond donors (Lipinski definition) is 0. The number of aryl methyl sites for hydroxylation is 2. The number of carbonyl (C=O) groups excluding carboxylic acids is 1. The van der Waals surface area contributed by atoms with Crippen molar-refractivity contribution in [2.45, 2.75) is 20.4 Å². The summed E-state index contributed by atoms with van der Waals surface area (Å²) < 4.78 is 1.78. The van der Waals surface area contributed by atoms with Crippen LogP contribution in [0.25, 0.3) is 5.82 Å². The molecule has 2 aromatic heterocycles. The second-order valence-corrected chi connectivity index (χ2v) is 7.84. The Morgan fingerprint density at radius 3 is 2.34 bits per heavy atom. The van der Waals surface area contributed by atoms with Gasteiger partial charge in [-0.3, -0.25) is 4.79 Å². The molecule has 0 bridgehead atoms. The van der Waals surface area contributed by atoms with Gasteiger partial charge in [0, 0.05) is 36.5 Å². The maximum Gasteiger partial charge on any atom is 0.255 e. The first-order chi connectivity index (χ1) is 13.8. The summed E-state index contributed by atoms with van der Waals surface area (Å²) in [7, 11) is 3.99. The standard InChI is InChI=1S/C22H26ClN5O/c1-16-13-17(2)28(25-16)21-10-7-19(14-24-21)22(29)27(12-11-26(3)4)15-18-5-8-20(23)9-6-18/h5-10,13-14H,11-12,15H2,1-4H3. The van der Waals surface area contributed by atoms with E-state index < -0.39 is 0 Å². The lowest BCUT2D eigenvalue weighted by Gasteiger charge is -2.24. The largest absolute Gasteiger partial charge is 0.333 e. The van der Waals surface area contributed by atoms with Gasteiger partial charge in [0.25, 0.3) is 5.91 Å². The Morgan fingerprint density at radius 2 is 1.79 bits per heavy atom. The predicted octanol–water partition coefficient (Wildman–Crippen LogP) is 3.74. The predicted molar refractivity (Wildman–Crippen MR) is 116 cm³/mol. The summed E-state index contributed by atoms with van der Waals surface area (Å²) >= 11 is 5.98. The summed E-state index contributed by atoms with van der Waals surface area (Å²) in [5.74, 6) is 0.652. The second-order valence-electron chi connectivity index (χ2n) is 7.40. The topological polar surface area (TPSA) is 54.3 Å². The molecule has 1 amide bonds. The van der Waals surface area contributed by atoms with E-state index in [1.165, 1.54) is 0 Å². The first-order valence-electron chi connectivity index (χ1n) is 9.51. The molecule has 0 saturated carbocycles. The van der Waals surface area contributed by atoms with E-state index in [1.54, 1.807) is 10.9 Å². The van der Waals surface area contributed by atoms with Crippen LogP contribution in [0.5, 0.6) is 0 Å². The van der Waals surface area contributed by atoms with E-state index in [0.29, 0.717) is 29.5 Å². The number of rotatable bonds is 7. The molecule has 0 unspecified atom stereocenters. The van der Waals surface area contributed by atoms with Gasteiger partial charge in [0.1, 0.15) is 0 Å². The molecule has 0 radical (unpaired) electrons. The van der Waals surface area contributed by atoms with Crippen molar-refractivity contribution in [3.63, 3.8) is 0 Å². The van der Waals surface area contributed by atoms with Crippen molar-refractivity contribution in [1.82, 2.24) is 24.6 Å². The Kier molecular flexibility index (Phi) is 6.67. The number of pyridine rings is 1. The van der Waals surface area contributed by atoms with E-state index >= 15 is 0 Å². The van der Waals surface area contributed by atoms with Gasteiger partial charge in [-0.2, -0.15) is 5.10 Å². The first kappa shape index (κ1) is 21.0. The number of halogens is 1. The monoisotopic (exact) mass is 411 g/mol. The van der Waals surface area contributed by atoms with Gasteiger partial charge in [-0.05, 0) is 63.8 Å². The van der Waals surface area contributed by atoms with Gasteiger partial charge in [0.05, 0.1) is 11.3 Å². The minimum Gasteiger partial charge on any atom is -0.333 e. The highest BCUT2D eigenvalue weighted by atomic mass is 35.5. The third-order valence-electron chi connectivity index (χ3n) is 4.61. The van der Waals surface area contributed by atoms with Gasteiger partial charge in [0.15, 0.2) is 5.82 Å². The van der Waals surface area contributed by atoms with Crippen LogP contribution in [0.2, 0.25) is 5.02 Å². The summed E-state index contributed by atoms with van der Waals surface area (Å²) in [5.41, 5.74) is 3.53. The summed E-state index contributed by atoms with van der Waals surface area (Å²) in [6.45, 7) is 5.84. The van der Waals surface area contributed by atoms with Crippen molar-refractivity contribution < 1.29 is 4.79 Å². The zero-order chi connectivity index (χ0) is 21.0. The summed E-state index contributed by atoms with van der Waals surface area (Å²) in [5, 5.41) is 5.13. The minimum atomic E-state index is -0.0470. The first-order valence-corrected chi connectivity index (χ1v) is 9.89. The van der Waals surface area contributed by atoms with Gasteiger partial charge >= 0.3 is 0 Å². The van der Waals surface area contributed by atoms with E-state index in [0.717, 1.165) is 23.5 Å². The van der Waals surface area contributed by atoms with E-state index in [1.807, 2.05) is 75.3 Å². The molecule has 3 aromatic rings. The SMILES string of the molecule is Cc1cc(C)n(-c2ccc(C(=O)N(CCN(C)C)Cc3ccc(Cl)cc3)cn2)n1. The van der Waals surface area contributed by atoms with Crippen LogP contribution in [-0.2, 0) is 6.54 Å². The number of likely N-dealkylation sites (N-methyl/N-ethyl adjacent to an activating group) is 1. The van der Waals surface area contributed by atoms with Crippen LogP contribution >= 0.6 is 11.6 Å². The van der Waals surface area contributed by atoms with Crippen LogP contribution < -0.4 is 0 Å². The quantitative estimate of drug-likeness (QED) is 0.594. The van der Waals surface area contributed by atoms with Crippen molar-refractivity contribution in [1.29, 1.82) is 0 Å². The molecule has 2 heterocycles. The Bertz CT molecular complexity index is 964. The Balaban J connectivity index is 1.80. The van der Waals surface area contributed by atoms with Crippen molar-refractivity contribution in [3.8, 4) is 5.82 Å². The molecule has 3 rings (SSSR count). The number of nitrogens with zero attached hydrogens (tertiary/aromatic N) is 5. The molecule has 1 aromatic carbocycles. The normalized spacial score (nSPS) is 11.1. The average Bonchev–Trinajstić information content (AvgIpc) is 3.04. The average molecular weight is 412 g/mol. The van der Waals surface area contributed by atoms with Gasteiger partial charge in [0.2, 0.25) is 0 Å². The Labute approximate surface area is 176 Å². The van der Waals surface area contributed by atoms with Crippen LogP contribution in [0.15, 0.2) is 48.7 Å². The van der Waals surface area contributed by atoms with E-state index in [2.05, 4.69) is 15.0 Å². The molecule has 0 saturated heterocycles. The third kappa shape index (κ3) is 5.43. The molecule has 152 valence electrons. The summed E-state index contributed by atoms with van der Waals surface area (Å²) in [6.07, 6.45) is 1.62. The lowest BCUT2D eigenvalue weighted by molar-refractivity contribution is 0.0731. The van der Waals surface area contributed by atoms with Crippen molar-refractivity contribution >= 4 is 17.5 Å². The molecular weight excluding hydrogens is 386 g/mol. The molecule has 0 fully saturated rings. The highest BCUT2D eigenvalue weighted by molar-refractivity contribution is 6.30. The van der Waals surface area contributed by atoms with Crippen molar-refractivity contribution in [2.24, 2.45) is 0 Å². The molecule has 0 aliphatic carbocycles. The lowest BCUT2D eigenvalue weighted by Crippen LogP contribution is -2.36. The highest BCUT2D eigenvalue weighted by Crippen LogP contribution is 2.15. The molecule has 29 heavy (non-hydrogen) atoms. The Morgan fingerprint density at radius 1 is 1.07 bits per heavy atom. The van der Waals surface area contributed by atoms with Gasteiger partial charge in [-0.1, -0.05) is 23.7 Å². The van der Waals surface area contributed by atoms with Gasteiger partial charge < -0.3 is 9.80 Å². The fraction of sp³-hybridized carbons (Fsp3) is 0.318. The molecule has 0 N–H and O–H groups in total. The second kappa shape index (κ2) is 9.20.